The normalized spacial score (nSPS) is 42.1. The molecule has 5 heterocycles. The number of ketones is 1. The van der Waals surface area contributed by atoms with E-state index < -0.39 is 64.8 Å². The smallest absolute Gasteiger partial charge is 0.309 e. The predicted molar refractivity (Wildman–Crippen MR) is 230 cm³/mol. The molecule has 2 spiro atoms. The molecular formula is C49H77NO10. The SMILES string of the molecule is CCC(C(=O)O)C1CC[C@H](C)C([C@@H](C)[C@H](O)[C@H](C)C(=O)[C@H](CC)[C@H]2O[C@]3(C=C[C@@H](NCc4ccccc4)[C@]4(CC[C@@](C)([C@H]5CC[C@](O)(CC)[C@H](C)O5)O4)O3)[C@H](C)C[C@@H]2C)O1. The molecule has 338 valence electrons. The molecule has 4 saturated heterocycles. The van der Waals surface area contributed by atoms with Gasteiger partial charge < -0.3 is 44.3 Å². The zero-order valence-electron chi connectivity index (χ0n) is 38.1. The number of carbonyl (C=O) groups excluding carboxylic acids is 1. The zero-order chi connectivity index (χ0) is 43.8. The number of hydrogen-bond donors (Lipinski definition) is 4. The van der Waals surface area contributed by atoms with Crippen LogP contribution in [0.5, 0.6) is 0 Å². The highest BCUT2D eigenvalue weighted by atomic mass is 16.8. The van der Waals surface area contributed by atoms with Gasteiger partial charge in [-0.25, -0.2) is 0 Å². The summed E-state index contributed by atoms with van der Waals surface area (Å²) in [7, 11) is 0. The summed E-state index contributed by atoms with van der Waals surface area (Å²) < 4.78 is 34.9. The van der Waals surface area contributed by atoms with Gasteiger partial charge in [0.1, 0.15) is 5.78 Å². The van der Waals surface area contributed by atoms with E-state index in [2.05, 4.69) is 51.2 Å². The number of nitrogens with one attached hydrogen (secondary N) is 1. The molecule has 0 radical (unpaired) electrons. The topological polar surface area (TPSA) is 153 Å². The predicted octanol–water partition coefficient (Wildman–Crippen LogP) is 7.99. The third-order valence-electron chi connectivity index (χ3n) is 15.8. The molecule has 1 aromatic carbocycles. The number of carboxylic acid groups (broad SMARTS) is 1. The van der Waals surface area contributed by atoms with E-state index in [4.69, 9.17) is 23.7 Å². The molecule has 6 rings (SSSR count). The lowest BCUT2D eigenvalue weighted by Gasteiger charge is -2.55. The second-order valence-electron chi connectivity index (χ2n) is 19.8. The van der Waals surface area contributed by atoms with Gasteiger partial charge in [0.25, 0.3) is 0 Å². The summed E-state index contributed by atoms with van der Waals surface area (Å²) in [6.07, 6.45) is 7.83. The van der Waals surface area contributed by atoms with Gasteiger partial charge in [0.05, 0.1) is 59.8 Å². The molecular weight excluding hydrogens is 763 g/mol. The van der Waals surface area contributed by atoms with Crippen molar-refractivity contribution < 1.29 is 48.6 Å². The van der Waals surface area contributed by atoms with Gasteiger partial charge in [0.2, 0.25) is 0 Å². The molecule has 60 heavy (non-hydrogen) atoms. The third-order valence-corrected chi connectivity index (χ3v) is 15.8. The minimum Gasteiger partial charge on any atom is -0.481 e. The summed E-state index contributed by atoms with van der Waals surface area (Å²) >= 11 is 0. The zero-order valence-corrected chi connectivity index (χ0v) is 38.1. The van der Waals surface area contributed by atoms with Gasteiger partial charge in [-0.1, -0.05) is 91.8 Å². The van der Waals surface area contributed by atoms with Crippen molar-refractivity contribution in [3.8, 4) is 0 Å². The van der Waals surface area contributed by atoms with Crippen LogP contribution in [0.15, 0.2) is 42.5 Å². The van der Waals surface area contributed by atoms with Crippen molar-refractivity contribution in [2.75, 3.05) is 0 Å². The second-order valence-corrected chi connectivity index (χ2v) is 19.8. The number of aliphatic hydroxyl groups excluding tert-OH is 1. The fourth-order valence-electron chi connectivity index (χ4n) is 11.6. The van der Waals surface area contributed by atoms with E-state index in [0.717, 1.165) is 18.4 Å². The third kappa shape index (κ3) is 9.21. The lowest BCUT2D eigenvalue weighted by atomic mass is 9.72. The Morgan fingerprint density at radius 2 is 1.58 bits per heavy atom. The van der Waals surface area contributed by atoms with Gasteiger partial charge in [-0.15, -0.1) is 0 Å². The summed E-state index contributed by atoms with van der Waals surface area (Å²) in [6.45, 7) is 20.7. The van der Waals surface area contributed by atoms with Gasteiger partial charge >= 0.3 is 5.97 Å². The molecule has 0 saturated carbocycles. The van der Waals surface area contributed by atoms with Crippen LogP contribution in [0.1, 0.15) is 139 Å². The fourth-order valence-corrected chi connectivity index (χ4v) is 11.6. The quantitative estimate of drug-likeness (QED) is 0.127. The van der Waals surface area contributed by atoms with Crippen molar-refractivity contribution in [3.05, 3.63) is 48.0 Å². The van der Waals surface area contributed by atoms with Gasteiger partial charge in [-0.3, -0.25) is 9.59 Å². The minimum atomic E-state index is -1.17. The van der Waals surface area contributed by atoms with Crippen molar-refractivity contribution in [1.29, 1.82) is 0 Å². The van der Waals surface area contributed by atoms with Gasteiger partial charge in [0.15, 0.2) is 11.6 Å². The summed E-state index contributed by atoms with van der Waals surface area (Å²) in [5.74, 6) is -5.26. The Morgan fingerprint density at radius 1 is 0.883 bits per heavy atom. The minimum absolute atomic E-state index is 0.0387. The highest BCUT2D eigenvalue weighted by molar-refractivity contribution is 5.84. The van der Waals surface area contributed by atoms with Crippen LogP contribution in [0.3, 0.4) is 0 Å². The summed E-state index contributed by atoms with van der Waals surface area (Å²) in [5, 5.41) is 36.7. The van der Waals surface area contributed by atoms with Crippen molar-refractivity contribution >= 4 is 11.8 Å². The van der Waals surface area contributed by atoms with Crippen molar-refractivity contribution in [1.82, 2.24) is 5.32 Å². The molecule has 11 heteroatoms. The van der Waals surface area contributed by atoms with Crippen molar-refractivity contribution in [3.63, 3.8) is 0 Å². The molecule has 1 aromatic rings. The number of aliphatic hydroxyl groups is 2. The number of ether oxygens (including phenoxy) is 5. The molecule has 18 atom stereocenters. The first-order valence-corrected chi connectivity index (χ1v) is 23.4. The number of Topliss-reactive ketones (excluding diaryl/α,β-unsaturated/α-hetero) is 1. The van der Waals surface area contributed by atoms with Gasteiger partial charge in [-0.05, 0) is 95.1 Å². The average molecular weight is 840 g/mol. The maximum Gasteiger partial charge on any atom is 0.309 e. The second kappa shape index (κ2) is 18.9. The first-order chi connectivity index (χ1) is 28.4. The first kappa shape index (κ1) is 47.3. The van der Waals surface area contributed by atoms with Crippen LogP contribution >= 0.6 is 0 Å². The maximum absolute atomic E-state index is 14.7. The number of carboxylic acids is 1. The Kier molecular flexibility index (Phi) is 14.9. The lowest BCUT2D eigenvalue weighted by molar-refractivity contribution is -0.398. The maximum atomic E-state index is 14.7. The van der Waals surface area contributed by atoms with E-state index >= 15 is 0 Å². The van der Waals surface area contributed by atoms with Crippen LogP contribution in [0, 0.1) is 41.4 Å². The molecule has 0 amide bonds. The van der Waals surface area contributed by atoms with Crippen LogP contribution in [0.25, 0.3) is 0 Å². The molecule has 11 nitrogen and oxygen atoms in total. The number of aliphatic carboxylic acids is 1. The number of carbonyl (C=O) groups is 2. The molecule has 0 aromatic heterocycles. The molecule has 4 N–H and O–H groups in total. The summed E-state index contributed by atoms with van der Waals surface area (Å²) in [6, 6.07) is 9.97. The van der Waals surface area contributed by atoms with E-state index in [1.54, 1.807) is 0 Å². The monoisotopic (exact) mass is 840 g/mol. The Bertz CT molecular complexity index is 1640. The largest absolute Gasteiger partial charge is 0.481 e. The summed E-state index contributed by atoms with van der Waals surface area (Å²) in [5.41, 5.74) is -0.397. The first-order valence-electron chi connectivity index (χ1n) is 23.4. The van der Waals surface area contributed by atoms with E-state index in [9.17, 15) is 24.9 Å². The molecule has 5 aliphatic rings. The van der Waals surface area contributed by atoms with Crippen LogP contribution in [0.4, 0.5) is 0 Å². The van der Waals surface area contributed by atoms with Gasteiger partial charge in [0, 0.05) is 36.6 Å². The molecule has 0 aliphatic carbocycles. The van der Waals surface area contributed by atoms with Gasteiger partial charge in [-0.2, -0.15) is 0 Å². The van der Waals surface area contributed by atoms with Crippen LogP contribution in [-0.4, -0.2) is 92.5 Å². The Labute approximate surface area is 359 Å². The number of benzene rings is 1. The molecule has 0 bridgehead atoms. The van der Waals surface area contributed by atoms with E-state index in [0.29, 0.717) is 57.9 Å². The molecule has 4 fully saturated rings. The molecule has 5 aliphatic heterocycles. The van der Waals surface area contributed by atoms with Crippen LogP contribution in [0.2, 0.25) is 0 Å². The van der Waals surface area contributed by atoms with Crippen molar-refractivity contribution in [2.45, 2.75) is 205 Å². The Balaban J connectivity index is 1.23. The fraction of sp³-hybridized carbons (Fsp3) is 0.796. The molecule has 3 unspecified atom stereocenters. The Hall–Kier alpha value is -2.22. The average Bonchev–Trinajstić information content (AvgIpc) is 3.57. The highest BCUT2D eigenvalue weighted by Crippen LogP contribution is 2.54. The summed E-state index contributed by atoms with van der Waals surface area (Å²) in [4.78, 5) is 26.7. The van der Waals surface area contributed by atoms with Crippen LogP contribution < -0.4 is 5.32 Å². The van der Waals surface area contributed by atoms with E-state index in [1.165, 1.54) is 0 Å². The van der Waals surface area contributed by atoms with Crippen molar-refractivity contribution in [2.24, 2.45) is 41.4 Å². The lowest BCUT2D eigenvalue weighted by Crippen LogP contribution is -2.65. The Morgan fingerprint density at radius 3 is 2.22 bits per heavy atom. The van der Waals surface area contributed by atoms with E-state index in [1.807, 2.05) is 65.8 Å². The highest BCUT2D eigenvalue weighted by Gasteiger charge is 2.63. The van der Waals surface area contributed by atoms with E-state index in [-0.39, 0.29) is 53.8 Å². The number of hydrogen-bond acceptors (Lipinski definition) is 10. The van der Waals surface area contributed by atoms with Crippen LogP contribution in [-0.2, 0) is 39.8 Å². The standard InChI is InChI=1S/C49H77NO10/c1-11-36(45(53)54)38-20-19-29(4)43(57-38)33(8)41(51)32(7)42(52)37(12-2)44-30(5)27-31(6)48(58-44)24-21-39(50-28-35-17-15-14-16-18-35)49(60-48)26-25-46(10,59-49)40-22-23-47(55,13-3)34(9)56-40/h14-18,21,24,29-34,36-41,43-44,50-51,55H,11-13,19-20,22-23,25-28H2,1-10H3,(H,53,54)/t29-,30-,31+,32-,33-,34-,36?,37-,38?,39+,40+,41+,43?,44-,46-,47+,48-,49-/m0/s1. The number of rotatable bonds is 15.